The lowest BCUT2D eigenvalue weighted by Gasteiger charge is -2.27. The first-order chi connectivity index (χ1) is 16.1. The van der Waals surface area contributed by atoms with Gasteiger partial charge in [-0.25, -0.2) is 4.79 Å². The van der Waals surface area contributed by atoms with Crippen molar-refractivity contribution in [2.24, 2.45) is 0 Å². The molecule has 2 aromatic carbocycles. The molecule has 1 amide bonds. The van der Waals surface area contributed by atoms with E-state index in [2.05, 4.69) is 36.3 Å². The van der Waals surface area contributed by atoms with Gasteiger partial charge in [0.2, 0.25) is 0 Å². The van der Waals surface area contributed by atoms with Crippen LogP contribution < -0.4 is 15.8 Å². The molecule has 1 aliphatic rings. The molecule has 3 heterocycles. The average Bonchev–Trinajstić information content (AvgIpc) is 2.84. The maximum atomic E-state index is 12.8. The summed E-state index contributed by atoms with van der Waals surface area (Å²) in [5, 5.41) is 12.2. The summed E-state index contributed by atoms with van der Waals surface area (Å²) >= 11 is 3.39. The topological polar surface area (TPSA) is 88.3 Å². The third-order valence-corrected chi connectivity index (χ3v) is 6.18. The van der Waals surface area contributed by atoms with E-state index in [0.717, 1.165) is 28.9 Å². The van der Waals surface area contributed by atoms with Crippen LogP contribution in [0, 0.1) is 0 Å². The van der Waals surface area contributed by atoms with Gasteiger partial charge in [0.25, 0.3) is 5.91 Å². The Bertz CT molecular complexity index is 1380. The lowest BCUT2D eigenvalue weighted by molar-refractivity contribution is 0.102. The van der Waals surface area contributed by atoms with Gasteiger partial charge in [-0.1, -0.05) is 28.1 Å². The Morgan fingerprint density at radius 1 is 0.970 bits per heavy atom. The molecule has 0 aliphatic carbocycles. The van der Waals surface area contributed by atoms with Crippen molar-refractivity contribution in [3.8, 4) is 11.3 Å². The third-order valence-electron chi connectivity index (χ3n) is 5.69. The second kappa shape index (κ2) is 9.15. The maximum Gasteiger partial charge on any atom is 0.349 e. The largest absolute Gasteiger partial charge is 0.422 e. The minimum atomic E-state index is -0.683. The van der Waals surface area contributed by atoms with Gasteiger partial charge in [0.1, 0.15) is 11.1 Å². The first-order valence-electron chi connectivity index (χ1n) is 10.8. The molecule has 166 valence electrons. The van der Waals surface area contributed by atoms with E-state index in [1.165, 1.54) is 25.3 Å². The van der Waals surface area contributed by atoms with E-state index in [4.69, 9.17) is 4.42 Å². The Morgan fingerprint density at radius 2 is 1.82 bits per heavy atom. The molecule has 0 unspecified atom stereocenters. The molecule has 4 aromatic rings. The quantitative estimate of drug-likeness (QED) is 0.381. The fourth-order valence-corrected chi connectivity index (χ4v) is 4.36. The number of anilines is 2. The second-order valence-electron chi connectivity index (χ2n) is 7.99. The number of carbonyl (C=O) groups excluding carboxylic acids is 1. The van der Waals surface area contributed by atoms with Crippen LogP contribution in [0.2, 0.25) is 0 Å². The van der Waals surface area contributed by atoms with Gasteiger partial charge in [-0.2, -0.15) is 0 Å². The Hall–Kier alpha value is -3.52. The molecule has 0 atom stereocenters. The molecule has 8 heteroatoms. The summed E-state index contributed by atoms with van der Waals surface area (Å²) in [4.78, 5) is 27.4. The number of nitrogens with one attached hydrogen (secondary N) is 1. The van der Waals surface area contributed by atoms with Gasteiger partial charge in [0.15, 0.2) is 5.82 Å². The van der Waals surface area contributed by atoms with Crippen molar-refractivity contribution in [3.63, 3.8) is 0 Å². The molecule has 0 bridgehead atoms. The molecule has 1 aliphatic heterocycles. The predicted octanol–water partition coefficient (Wildman–Crippen LogP) is 5.26. The molecule has 1 saturated heterocycles. The minimum absolute atomic E-state index is 0.0586. The Morgan fingerprint density at radius 3 is 2.61 bits per heavy atom. The van der Waals surface area contributed by atoms with Crippen LogP contribution in [0.3, 0.4) is 0 Å². The number of benzene rings is 2. The van der Waals surface area contributed by atoms with Crippen LogP contribution in [-0.4, -0.2) is 29.2 Å². The number of fused-ring (bicyclic) bond motifs is 1. The van der Waals surface area contributed by atoms with Gasteiger partial charge in [-0.15, -0.1) is 10.2 Å². The standard InChI is InChI=1S/C25H21BrN4O3/c26-18-7-9-22-17(13-18)15-20(25(32)33-22)24(31)27-19-6-4-5-16(14-19)21-8-10-23(29-28-21)30-11-2-1-3-12-30/h4-10,13-15H,1-3,11-12H2,(H,27,31). The van der Waals surface area contributed by atoms with Crippen molar-refractivity contribution in [1.82, 2.24) is 10.2 Å². The van der Waals surface area contributed by atoms with Crippen LogP contribution >= 0.6 is 15.9 Å². The summed E-state index contributed by atoms with van der Waals surface area (Å²) < 4.78 is 6.13. The summed E-state index contributed by atoms with van der Waals surface area (Å²) in [7, 11) is 0. The lowest BCUT2D eigenvalue weighted by Crippen LogP contribution is -2.30. The van der Waals surface area contributed by atoms with E-state index in [9.17, 15) is 9.59 Å². The van der Waals surface area contributed by atoms with E-state index < -0.39 is 11.5 Å². The van der Waals surface area contributed by atoms with Crippen molar-refractivity contribution in [1.29, 1.82) is 0 Å². The first-order valence-corrected chi connectivity index (χ1v) is 11.6. The molecular formula is C25H21BrN4O3. The number of hydrogen-bond donors (Lipinski definition) is 1. The van der Waals surface area contributed by atoms with E-state index in [1.54, 1.807) is 24.3 Å². The smallest absolute Gasteiger partial charge is 0.349 e. The fraction of sp³-hybridized carbons (Fsp3) is 0.200. The predicted molar refractivity (Wildman–Crippen MR) is 132 cm³/mol. The normalized spacial score (nSPS) is 13.8. The number of carbonyl (C=O) groups is 1. The first kappa shape index (κ1) is 21.3. The number of nitrogens with zero attached hydrogens (tertiary/aromatic N) is 3. The van der Waals surface area contributed by atoms with Crippen LogP contribution in [0.25, 0.3) is 22.2 Å². The molecule has 33 heavy (non-hydrogen) atoms. The molecule has 5 rings (SSSR count). The zero-order valence-electron chi connectivity index (χ0n) is 17.8. The molecule has 1 N–H and O–H groups in total. The number of aromatic nitrogens is 2. The van der Waals surface area contributed by atoms with Gasteiger partial charge in [-0.05, 0) is 67.8 Å². The van der Waals surface area contributed by atoms with Crippen LogP contribution in [-0.2, 0) is 0 Å². The van der Waals surface area contributed by atoms with Gasteiger partial charge in [0, 0.05) is 34.2 Å². The summed E-state index contributed by atoms with van der Waals surface area (Å²) in [6, 6.07) is 18.0. The Kier molecular flexibility index (Phi) is 5.92. The molecule has 7 nitrogen and oxygen atoms in total. The number of halogens is 1. The van der Waals surface area contributed by atoms with E-state index in [0.29, 0.717) is 22.4 Å². The lowest BCUT2D eigenvalue weighted by atomic mass is 10.1. The zero-order chi connectivity index (χ0) is 22.8. The molecule has 0 spiro atoms. The number of rotatable bonds is 4. The summed E-state index contributed by atoms with van der Waals surface area (Å²) in [5.74, 6) is 0.354. The highest BCUT2D eigenvalue weighted by atomic mass is 79.9. The second-order valence-corrected chi connectivity index (χ2v) is 8.90. The Balaban J connectivity index is 1.36. The fourth-order valence-electron chi connectivity index (χ4n) is 3.98. The highest BCUT2D eigenvalue weighted by molar-refractivity contribution is 9.10. The van der Waals surface area contributed by atoms with Crippen molar-refractivity contribution in [2.75, 3.05) is 23.3 Å². The summed E-state index contributed by atoms with van der Waals surface area (Å²) in [6.45, 7) is 2.02. The van der Waals surface area contributed by atoms with Crippen LogP contribution in [0.15, 0.2) is 74.3 Å². The zero-order valence-corrected chi connectivity index (χ0v) is 19.3. The SMILES string of the molecule is O=C(Nc1cccc(-c2ccc(N3CCCCC3)nn2)c1)c1cc2cc(Br)ccc2oc1=O. The van der Waals surface area contributed by atoms with Crippen LogP contribution in [0.4, 0.5) is 11.5 Å². The minimum Gasteiger partial charge on any atom is -0.422 e. The number of hydrogen-bond acceptors (Lipinski definition) is 6. The molecule has 0 saturated carbocycles. The van der Waals surface area contributed by atoms with Gasteiger partial charge < -0.3 is 14.6 Å². The summed E-state index contributed by atoms with van der Waals surface area (Å²) in [5.41, 5.74) is 1.76. The van der Waals surface area contributed by atoms with E-state index in [1.807, 2.05) is 30.3 Å². The highest BCUT2D eigenvalue weighted by Gasteiger charge is 2.16. The van der Waals surface area contributed by atoms with Gasteiger partial charge >= 0.3 is 5.63 Å². The van der Waals surface area contributed by atoms with Crippen LogP contribution in [0.1, 0.15) is 29.6 Å². The number of piperidine rings is 1. The van der Waals surface area contributed by atoms with Crippen molar-refractivity contribution in [2.45, 2.75) is 19.3 Å². The maximum absolute atomic E-state index is 12.8. The van der Waals surface area contributed by atoms with Crippen LogP contribution in [0.5, 0.6) is 0 Å². The molecule has 1 fully saturated rings. The highest BCUT2D eigenvalue weighted by Crippen LogP contribution is 2.24. The van der Waals surface area contributed by atoms with Crippen molar-refractivity contribution < 1.29 is 9.21 Å². The van der Waals surface area contributed by atoms with E-state index in [-0.39, 0.29) is 5.56 Å². The monoisotopic (exact) mass is 504 g/mol. The molecule has 2 aromatic heterocycles. The molecule has 0 radical (unpaired) electrons. The van der Waals surface area contributed by atoms with Crippen molar-refractivity contribution >= 4 is 44.3 Å². The number of amides is 1. The Labute approximate surface area is 198 Å². The van der Waals surface area contributed by atoms with Crippen molar-refractivity contribution in [3.05, 3.63) is 81.1 Å². The molecular weight excluding hydrogens is 484 g/mol. The average molecular weight is 505 g/mol. The van der Waals surface area contributed by atoms with Gasteiger partial charge in [0.05, 0.1) is 5.69 Å². The summed E-state index contributed by atoms with van der Waals surface area (Å²) in [6.07, 6.45) is 3.62. The van der Waals surface area contributed by atoms with Gasteiger partial charge in [-0.3, -0.25) is 4.79 Å². The van der Waals surface area contributed by atoms with E-state index >= 15 is 0 Å². The third kappa shape index (κ3) is 4.66.